The molecule has 1 aromatic rings. The fourth-order valence-electron chi connectivity index (χ4n) is 3.97. The molecule has 1 aliphatic heterocycles. The van der Waals surface area contributed by atoms with Crippen molar-refractivity contribution in [2.45, 2.75) is 63.3 Å². The van der Waals surface area contributed by atoms with Crippen molar-refractivity contribution in [2.75, 3.05) is 18.1 Å². The molecular weight excluding hydrogens is 350 g/mol. The van der Waals surface area contributed by atoms with E-state index in [9.17, 15) is 8.78 Å². The molecule has 0 radical (unpaired) electrons. The lowest BCUT2D eigenvalue weighted by atomic mass is 9.83. The normalized spacial score (nSPS) is 26.2. The van der Waals surface area contributed by atoms with Crippen LogP contribution in [-0.2, 0) is 0 Å². The van der Waals surface area contributed by atoms with E-state index in [1.807, 2.05) is 0 Å². The van der Waals surface area contributed by atoms with E-state index in [2.05, 4.69) is 28.8 Å². The maximum Gasteiger partial charge on any atom is 0.421 e. The molecule has 2 aliphatic rings. The van der Waals surface area contributed by atoms with E-state index in [1.54, 1.807) is 12.1 Å². The summed E-state index contributed by atoms with van der Waals surface area (Å²) >= 11 is 6.18. The van der Waals surface area contributed by atoms with Crippen LogP contribution in [0.25, 0.3) is 0 Å². The summed E-state index contributed by atoms with van der Waals surface area (Å²) in [5.74, 6) is -0.126. The summed E-state index contributed by atoms with van der Waals surface area (Å²) in [6.07, 6.45) is 1.02. The zero-order valence-corrected chi connectivity index (χ0v) is 15.3. The van der Waals surface area contributed by atoms with Crippen LogP contribution in [-0.4, -0.2) is 42.0 Å². The van der Waals surface area contributed by atoms with Gasteiger partial charge in [0, 0.05) is 29.9 Å². The lowest BCUT2D eigenvalue weighted by molar-refractivity contribution is -0.200. The Balaban J connectivity index is 1.85. The molecule has 4 nitrogen and oxygen atoms in total. The molecule has 7 heteroatoms. The molecule has 0 amide bonds. The second-order valence-corrected chi connectivity index (χ2v) is 8.03. The largest absolute Gasteiger partial charge is 0.429 e. The minimum Gasteiger partial charge on any atom is -0.429 e. The summed E-state index contributed by atoms with van der Waals surface area (Å²) in [6, 6.07) is 5.70. The number of benzene rings is 1. The SMILES string of the molecule is CC1(C)CN(c2ccc(OC(F)(F)CO)c(Cl)c2)[C@H]2CCCC[C@H]2N1. The number of halogens is 3. The fourth-order valence-corrected chi connectivity index (χ4v) is 4.18. The number of aliphatic hydroxyl groups is 1. The van der Waals surface area contributed by atoms with Crippen LogP contribution in [0.5, 0.6) is 5.75 Å². The average molecular weight is 375 g/mol. The molecule has 1 saturated heterocycles. The highest BCUT2D eigenvalue weighted by atomic mass is 35.5. The monoisotopic (exact) mass is 374 g/mol. The number of fused-ring (bicyclic) bond motifs is 1. The molecule has 140 valence electrons. The van der Waals surface area contributed by atoms with Crippen molar-refractivity contribution in [1.29, 1.82) is 0 Å². The van der Waals surface area contributed by atoms with Crippen molar-refractivity contribution in [3.8, 4) is 5.75 Å². The first-order valence-corrected chi connectivity index (χ1v) is 9.10. The maximum absolute atomic E-state index is 13.2. The molecular formula is C18H25ClF2N2O2. The second kappa shape index (κ2) is 6.89. The van der Waals surface area contributed by atoms with Gasteiger partial charge in [0.25, 0.3) is 0 Å². The summed E-state index contributed by atoms with van der Waals surface area (Å²) in [4.78, 5) is 2.33. The standard InChI is InChI=1S/C18H25ClF2N2O2/c1-17(2)10-23(15-6-4-3-5-14(15)22-17)12-7-8-16(13(19)9-12)25-18(20,21)11-24/h7-9,14-15,22,24H,3-6,10-11H2,1-2H3/t14-,15+/m1/s1. The van der Waals surface area contributed by atoms with Crippen molar-refractivity contribution in [3.63, 3.8) is 0 Å². The smallest absolute Gasteiger partial charge is 0.421 e. The lowest BCUT2D eigenvalue weighted by Crippen LogP contribution is -2.67. The molecule has 0 spiro atoms. The number of nitrogens with zero attached hydrogens (tertiary/aromatic N) is 1. The molecule has 1 aliphatic carbocycles. The first kappa shape index (κ1) is 18.7. The van der Waals surface area contributed by atoms with Gasteiger partial charge in [-0.1, -0.05) is 24.4 Å². The Morgan fingerprint density at radius 2 is 2.08 bits per heavy atom. The molecule has 3 rings (SSSR count). The number of hydrogen-bond acceptors (Lipinski definition) is 4. The summed E-state index contributed by atoms with van der Waals surface area (Å²) in [6.45, 7) is 3.77. The van der Waals surface area contributed by atoms with Crippen LogP contribution < -0.4 is 15.0 Å². The van der Waals surface area contributed by atoms with Gasteiger partial charge >= 0.3 is 6.11 Å². The summed E-state index contributed by atoms with van der Waals surface area (Å²) < 4.78 is 31.0. The fraction of sp³-hybridized carbons (Fsp3) is 0.667. The van der Waals surface area contributed by atoms with Gasteiger partial charge in [0.05, 0.1) is 5.02 Å². The van der Waals surface area contributed by atoms with Gasteiger partial charge in [0.1, 0.15) is 12.4 Å². The van der Waals surface area contributed by atoms with Gasteiger partial charge in [0.15, 0.2) is 0 Å². The summed E-state index contributed by atoms with van der Waals surface area (Å²) in [5.41, 5.74) is 0.875. The highest BCUT2D eigenvalue weighted by Crippen LogP contribution is 2.37. The Hall–Kier alpha value is -1.11. The van der Waals surface area contributed by atoms with Crippen molar-refractivity contribution < 1.29 is 18.6 Å². The van der Waals surface area contributed by atoms with Crippen molar-refractivity contribution in [1.82, 2.24) is 5.32 Å². The number of anilines is 1. The van der Waals surface area contributed by atoms with E-state index in [4.69, 9.17) is 16.7 Å². The van der Waals surface area contributed by atoms with Crippen LogP contribution >= 0.6 is 11.6 Å². The lowest BCUT2D eigenvalue weighted by Gasteiger charge is -2.52. The number of piperazine rings is 1. The molecule has 0 unspecified atom stereocenters. The van der Waals surface area contributed by atoms with E-state index < -0.39 is 12.7 Å². The Labute approximate surface area is 152 Å². The Bertz CT molecular complexity index is 627. The molecule has 1 saturated carbocycles. The van der Waals surface area contributed by atoms with E-state index in [1.165, 1.54) is 18.9 Å². The van der Waals surface area contributed by atoms with Gasteiger partial charge in [-0.25, -0.2) is 0 Å². The van der Waals surface area contributed by atoms with Crippen molar-refractivity contribution in [2.24, 2.45) is 0 Å². The Morgan fingerprint density at radius 3 is 2.76 bits per heavy atom. The summed E-state index contributed by atoms with van der Waals surface area (Å²) in [5, 5.41) is 12.5. The minimum absolute atomic E-state index is 0.0376. The molecule has 2 fully saturated rings. The van der Waals surface area contributed by atoms with Crippen LogP contribution in [0.1, 0.15) is 39.5 Å². The van der Waals surface area contributed by atoms with Crippen molar-refractivity contribution in [3.05, 3.63) is 23.2 Å². The molecule has 1 aromatic carbocycles. The zero-order chi connectivity index (χ0) is 18.2. The number of aliphatic hydroxyl groups excluding tert-OH is 1. The van der Waals surface area contributed by atoms with Crippen LogP contribution in [0.4, 0.5) is 14.5 Å². The van der Waals surface area contributed by atoms with Gasteiger partial charge in [-0.2, -0.15) is 8.78 Å². The topological polar surface area (TPSA) is 44.7 Å². The third kappa shape index (κ3) is 4.18. The summed E-state index contributed by atoms with van der Waals surface area (Å²) in [7, 11) is 0. The average Bonchev–Trinajstić information content (AvgIpc) is 2.55. The van der Waals surface area contributed by atoms with Crippen LogP contribution in [0, 0.1) is 0 Å². The number of hydrogen-bond donors (Lipinski definition) is 2. The minimum atomic E-state index is -3.64. The highest BCUT2D eigenvalue weighted by Gasteiger charge is 2.40. The highest BCUT2D eigenvalue weighted by molar-refractivity contribution is 6.32. The predicted molar refractivity (Wildman–Crippen MR) is 94.7 cm³/mol. The molecule has 2 N–H and O–H groups in total. The van der Waals surface area contributed by atoms with Crippen LogP contribution in [0.3, 0.4) is 0 Å². The third-order valence-electron chi connectivity index (χ3n) is 4.96. The van der Waals surface area contributed by atoms with E-state index in [-0.39, 0.29) is 16.3 Å². The van der Waals surface area contributed by atoms with Gasteiger partial charge < -0.3 is 20.1 Å². The quantitative estimate of drug-likeness (QED) is 0.841. The molecule has 25 heavy (non-hydrogen) atoms. The first-order chi connectivity index (χ1) is 11.7. The van der Waals surface area contributed by atoms with Crippen LogP contribution in [0.2, 0.25) is 5.02 Å². The third-order valence-corrected chi connectivity index (χ3v) is 5.26. The van der Waals surface area contributed by atoms with Gasteiger partial charge in [-0.05, 0) is 44.9 Å². The Kier molecular flexibility index (Phi) is 5.15. The van der Waals surface area contributed by atoms with E-state index in [0.29, 0.717) is 12.1 Å². The molecule has 0 bridgehead atoms. The number of nitrogens with one attached hydrogen (secondary N) is 1. The zero-order valence-electron chi connectivity index (χ0n) is 14.6. The number of ether oxygens (including phenoxy) is 1. The molecule has 1 heterocycles. The number of rotatable bonds is 4. The second-order valence-electron chi connectivity index (χ2n) is 7.63. The van der Waals surface area contributed by atoms with E-state index >= 15 is 0 Å². The van der Waals surface area contributed by atoms with Crippen molar-refractivity contribution >= 4 is 17.3 Å². The molecule has 0 aromatic heterocycles. The van der Waals surface area contributed by atoms with E-state index in [0.717, 1.165) is 25.1 Å². The molecule has 2 atom stereocenters. The van der Waals surface area contributed by atoms with Gasteiger partial charge in [-0.3, -0.25) is 0 Å². The maximum atomic E-state index is 13.2. The first-order valence-electron chi connectivity index (χ1n) is 8.72. The van der Waals surface area contributed by atoms with Gasteiger partial charge in [-0.15, -0.1) is 0 Å². The predicted octanol–water partition coefficient (Wildman–Crippen LogP) is 3.80. The van der Waals surface area contributed by atoms with Gasteiger partial charge in [0.2, 0.25) is 0 Å². The Morgan fingerprint density at radius 1 is 1.36 bits per heavy atom. The number of alkyl halides is 2. The van der Waals surface area contributed by atoms with Crippen LogP contribution in [0.15, 0.2) is 18.2 Å².